The lowest BCUT2D eigenvalue weighted by atomic mass is 9.99. The molecule has 2 aromatic rings. The molecule has 3 fully saturated rings. The fourth-order valence-electron chi connectivity index (χ4n) is 6.17. The summed E-state index contributed by atoms with van der Waals surface area (Å²) in [6.07, 6.45) is 7.36. The fourth-order valence-corrected chi connectivity index (χ4v) is 6.82. The number of hydrogen-bond donors (Lipinski definition) is 1. The van der Waals surface area contributed by atoms with Crippen LogP contribution in [0.15, 0.2) is 53.7 Å². The number of fused-ring (bicyclic) bond motifs is 2. The first kappa shape index (κ1) is 31.0. The summed E-state index contributed by atoms with van der Waals surface area (Å²) < 4.78 is 78.9. The Kier molecular flexibility index (Phi) is 7.85. The molecule has 1 aromatic carbocycles. The van der Waals surface area contributed by atoms with Crippen molar-refractivity contribution < 1.29 is 38.5 Å². The smallest absolute Gasteiger partial charge is 0.310 e. The van der Waals surface area contributed by atoms with E-state index in [0.29, 0.717) is 18.4 Å². The number of rotatable bonds is 9. The van der Waals surface area contributed by atoms with Gasteiger partial charge in [0.05, 0.1) is 37.3 Å². The van der Waals surface area contributed by atoms with Gasteiger partial charge in [-0.15, -0.1) is 0 Å². The minimum atomic E-state index is -10.0. The second-order valence-electron chi connectivity index (χ2n) is 11.2. The molecule has 3 aliphatic heterocycles. The lowest BCUT2D eigenvalue weighted by molar-refractivity contribution is -0.124. The highest BCUT2D eigenvalue weighted by molar-refractivity contribution is 8.45. The highest BCUT2D eigenvalue weighted by Gasteiger charge is 2.65. The molecule has 1 aromatic heterocycles. The van der Waals surface area contributed by atoms with E-state index in [0.717, 1.165) is 29.9 Å². The lowest BCUT2D eigenvalue weighted by Crippen LogP contribution is -2.48. The zero-order valence-electron chi connectivity index (χ0n) is 23.3. The monoisotopic (exact) mass is 629 g/mol. The Bertz CT molecular complexity index is 1380. The van der Waals surface area contributed by atoms with Gasteiger partial charge in [-0.1, -0.05) is 25.5 Å². The topological polar surface area (TPSA) is 108 Å². The largest absolute Gasteiger partial charge is 0.379 e. The maximum absolute atomic E-state index is 14.2. The summed E-state index contributed by atoms with van der Waals surface area (Å²) in [6, 6.07) is 2.88. The number of benzene rings is 1. The second-order valence-corrected chi connectivity index (χ2v) is 13.6. The molecule has 3 unspecified atom stereocenters. The van der Waals surface area contributed by atoms with Crippen LogP contribution < -0.4 is 10.2 Å². The Morgan fingerprint density at radius 3 is 2.37 bits per heavy atom. The molecular weight excluding hydrogens is 597 g/mol. The third kappa shape index (κ3) is 7.02. The summed E-state index contributed by atoms with van der Waals surface area (Å²) in [4.78, 5) is 32.0. The maximum atomic E-state index is 14.2. The van der Waals surface area contributed by atoms with E-state index in [2.05, 4.69) is 10.3 Å². The van der Waals surface area contributed by atoms with Crippen molar-refractivity contribution in [2.24, 2.45) is 0 Å². The minimum absolute atomic E-state index is 0.0528. The van der Waals surface area contributed by atoms with Crippen molar-refractivity contribution >= 4 is 27.7 Å². The van der Waals surface area contributed by atoms with Crippen LogP contribution in [0.4, 0.5) is 25.1 Å². The van der Waals surface area contributed by atoms with Gasteiger partial charge < -0.3 is 19.7 Å². The SMILES string of the molecule is CO[C@@H]1C[C@H](C(=O)N(c2ccc(S(F)(F)(F)(F)F)cc2)C(CC(=O)NC2CC3CCC(C2)O3)c2cccnc2)N(C#N)C1. The van der Waals surface area contributed by atoms with Gasteiger partial charge in [-0.05, 0) is 61.6 Å². The Morgan fingerprint density at radius 2 is 1.81 bits per heavy atom. The van der Waals surface area contributed by atoms with Crippen LogP contribution >= 0.6 is 10.2 Å². The maximum Gasteiger partial charge on any atom is 0.310 e. The first-order valence-electron chi connectivity index (χ1n) is 13.9. The van der Waals surface area contributed by atoms with Gasteiger partial charge in [-0.25, -0.2) is 0 Å². The quantitative estimate of drug-likeness (QED) is 0.284. The predicted molar refractivity (Wildman–Crippen MR) is 148 cm³/mol. The van der Waals surface area contributed by atoms with Crippen LogP contribution in [0.1, 0.15) is 50.1 Å². The van der Waals surface area contributed by atoms with Crippen LogP contribution in [-0.4, -0.2) is 65.7 Å². The standard InChI is InChI=1S/C28H32F5N5O4S/c1-41-23-13-26(37(16-23)17-34)28(40)38(20-4-8-24(9-5-20)43(29,30,31,32)33)25(18-3-2-10-35-15-18)14-27(39)36-19-11-21-6-7-22(12-19)42-21/h2-5,8-10,15,19,21-23,25-26H,6-7,11-14,16H2,1H3,(H,36,39)/t19?,21?,22?,23-,25?,26-/m1/s1. The Hall–Kier alpha value is -3.48. The number of pyridine rings is 1. The molecule has 5 rings (SSSR count). The van der Waals surface area contributed by atoms with E-state index in [1.807, 2.05) is 6.19 Å². The number of halogens is 5. The summed E-state index contributed by atoms with van der Waals surface area (Å²) in [5.41, 5.74) is 0.236. The summed E-state index contributed by atoms with van der Waals surface area (Å²) in [5, 5.41) is 12.7. The summed E-state index contributed by atoms with van der Waals surface area (Å²) in [7, 11) is -8.58. The molecule has 4 heterocycles. The zero-order chi connectivity index (χ0) is 31.1. The molecule has 3 saturated heterocycles. The summed E-state index contributed by atoms with van der Waals surface area (Å²) in [6.45, 7) is 0.102. The highest BCUT2D eigenvalue weighted by atomic mass is 32.5. The number of likely N-dealkylation sites (tertiary alicyclic amines) is 1. The fraction of sp³-hybridized carbons (Fsp3) is 0.500. The van der Waals surface area contributed by atoms with E-state index < -0.39 is 45.1 Å². The minimum Gasteiger partial charge on any atom is -0.379 e. The molecule has 15 heteroatoms. The van der Waals surface area contributed by atoms with Crippen molar-refractivity contribution in [1.82, 2.24) is 15.2 Å². The molecule has 2 amide bonds. The number of nitrogens with zero attached hydrogens (tertiary/aromatic N) is 4. The molecule has 1 N–H and O–H groups in total. The third-order valence-electron chi connectivity index (χ3n) is 8.22. The van der Waals surface area contributed by atoms with Crippen molar-refractivity contribution in [3.8, 4) is 6.19 Å². The van der Waals surface area contributed by atoms with Crippen molar-refractivity contribution in [1.29, 1.82) is 5.26 Å². The molecule has 9 nitrogen and oxygen atoms in total. The van der Waals surface area contributed by atoms with Crippen LogP contribution in [0, 0.1) is 11.5 Å². The first-order valence-corrected chi connectivity index (χ1v) is 15.8. The van der Waals surface area contributed by atoms with Gasteiger partial charge >= 0.3 is 10.2 Å². The molecule has 5 atom stereocenters. The van der Waals surface area contributed by atoms with Gasteiger partial charge in [0, 0.05) is 37.7 Å². The number of carbonyl (C=O) groups is 2. The van der Waals surface area contributed by atoms with Crippen LogP contribution in [0.5, 0.6) is 0 Å². The number of amides is 2. The van der Waals surface area contributed by atoms with Gasteiger partial charge in [0.1, 0.15) is 10.9 Å². The Morgan fingerprint density at radius 1 is 1.14 bits per heavy atom. The normalized spacial score (nSPS) is 27.5. The second kappa shape index (κ2) is 10.9. The highest BCUT2D eigenvalue weighted by Crippen LogP contribution is 3.02. The molecule has 0 aliphatic carbocycles. The van der Waals surface area contributed by atoms with Gasteiger partial charge in [0.2, 0.25) is 5.91 Å². The van der Waals surface area contributed by atoms with Gasteiger partial charge in [-0.3, -0.25) is 19.5 Å². The van der Waals surface area contributed by atoms with E-state index in [9.17, 15) is 34.3 Å². The third-order valence-corrected chi connectivity index (χ3v) is 9.39. The molecular formula is C28H32F5N5O4S. The lowest BCUT2D eigenvalue weighted by Gasteiger charge is -2.41. The molecule has 2 bridgehead atoms. The number of ether oxygens (including phenoxy) is 2. The molecule has 0 radical (unpaired) electrons. The number of anilines is 1. The van der Waals surface area contributed by atoms with Crippen molar-refractivity contribution in [2.75, 3.05) is 18.6 Å². The van der Waals surface area contributed by atoms with E-state index in [1.54, 1.807) is 12.1 Å². The van der Waals surface area contributed by atoms with Crippen LogP contribution in [-0.2, 0) is 19.1 Å². The molecule has 0 saturated carbocycles. The van der Waals surface area contributed by atoms with Crippen molar-refractivity contribution in [2.45, 2.75) is 79.9 Å². The number of nitriles is 1. The first-order chi connectivity index (χ1) is 20.1. The number of methoxy groups -OCH3 is 1. The van der Waals surface area contributed by atoms with Crippen molar-refractivity contribution in [3.63, 3.8) is 0 Å². The van der Waals surface area contributed by atoms with E-state index in [4.69, 9.17) is 9.47 Å². The molecule has 234 valence electrons. The van der Waals surface area contributed by atoms with Crippen LogP contribution in [0.3, 0.4) is 0 Å². The van der Waals surface area contributed by atoms with E-state index in [1.165, 1.54) is 24.4 Å². The number of carbonyl (C=O) groups excluding carboxylic acids is 2. The summed E-state index contributed by atoms with van der Waals surface area (Å²) in [5.74, 6) is -1.12. The van der Waals surface area contributed by atoms with Gasteiger partial charge in [0.15, 0.2) is 6.19 Å². The van der Waals surface area contributed by atoms with E-state index >= 15 is 0 Å². The number of hydrogen-bond acceptors (Lipinski definition) is 7. The zero-order valence-corrected chi connectivity index (χ0v) is 24.1. The van der Waals surface area contributed by atoms with Crippen LogP contribution in [0.2, 0.25) is 0 Å². The molecule has 43 heavy (non-hydrogen) atoms. The van der Waals surface area contributed by atoms with Gasteiger partial charge in [-0.2, -0.15) is 5.26 Å². The number of aromatic nitrogens is 1. The van der Waals surface area contributed by atoms with Crippen LogP contribution in [0.25, 0.3) is 0 Å². The summed E-state index contributed by atoms with van der Waals surface area (Å²) >= 11 is 0. The Balaban J connectivity index is 1.52. The number of nitrogens with one attached hydrogen (secondary N) is 1. The van der Waals surface area contributed by atoms with Crippen molar-refractivity contribution in [3.05, 3.63) is 54.4 Å². The average Bonchev–Trinajstić information content (AvgIpc) is 3.54. The predicted octanol–water partition coefficient (Wildman–Crippen LogP) is 5.60. The average molecular weight is 630 g/mol. The Labute approximate surface area is 245 Å². The van der Waals surface area contributed by atoms with E-state index in [-0.39, 0.29) is 55.5 Å². The molecule has 0 spiro atoms. The molecule has 3 aliphatic rings. The van der Waals surface area contributed by atoms with Gasteiger partial charge in [0.25, 0.3) is 5.91 Å².